The summed E-state index contributed by atoms with van der Waals surface area (Å²) in [6.45, 7) is 18.2. The Hall–Kier alpha value is -1.08. The Bertz CT molecular complexity index is 544. The van der Waals surface area contributed by atoms with Gasteiger partial charge < -0.3 is 14.0 Å². The van der Waals surface area contributed by atoms with Crippen molar-refractivity contribution in [3.63, 3.8) is 0 Å². The molecule has 0 spiro atoms. The van der Waals surface area contributed by atoms with E-state index in [0.29, 0.717) is 0 Å². The van der Waals surface area contributed by atoms with Gasteiger partial charge in [0.05, 0.1) is 17.2 Å². The van der Waals surface area contributed by atoms with Gasteiger partial charge in [-0.3, -0.25) is 4.79 Å². The van der Waals surface area contributed by atoms with Crippen LogP contribution in [0.25, 0.3) is 0 Å². The fraction of sp³-hybridized carbons (Fsp3) is 0.895. The van der Waals surface area contributed by atoms with Crippen LogP contribution >= 0.6 is 0 Å². The first kappa shape index (κ1) is 21.2. The standard InChI is InChI=1S/C19H34BNO5/c1-11(2)14-10-24-17(23)21(14)16(22)13(5)15(12(3)4)20-25-18(6,7)19(8,9)26-20/h11-15H,10H2,1-9H3/t13-,14+,15-/m0/s1. The fourth-order valence-corrected chi connectivity index (χ4v) is 3.74. The molecule has 0 radical (unpaired) electrons. The van der Waals surface area contributed by atoms with Crippen molar-refractivity contribution in [2.45, 2.75) is 85.4 Å². The number of ether oxygens (including phenoxy) is 1. The van der Waals surface area contributed by atoms with Gasteiger partial charge in [0.25, 0.3) is 0 Å². The molecule has 2 heterocycles. The quantitative estimate of drug-likeness (QED) is 0.693. The molecule has 0 aromatic carbocycles. The van der Waals surface area contributed by atoms with Gasteiger partial charge in [-0.1, -0.05) is 34.6 Å². The summed E-state index contributed by atoms with van der Waals surface area (Å²) in [5.41, 5.74) is -0.915. The summed E-state index contributed by atoms with van der Waals surface area (Å²) in [7, 11) is -0.491. The van der Waals surface area contributed by atoms with Gasteiger partial charge in [-0.2, -0.15) is 0 Å². The number of hydrogen-bond acceptors (Lipinski definition) is 5. The number of imide groups is 1. The van der Waals surface area contributed by atoms with Crippen molar-refractivity contribution in [3.8, 4) is 0 Å². The van der Waals surface area contributed by atoms with Crippen LogP contribution in [0, 0.1) is 17.8 Å². The number of carbonyl (C=O) groups excluding carboxylic acids is 2. The molecule has 0 unspecified atom stereocenters. The number of carbonyl (C=O) groups is 2. The first-order chi connectivity index (χ1) is 11.8. The second-order valence-electron chi connectivity index (χ2n) is 9.33. The molecule has 2 saturated heterocycles. The number of nitrogens with zero attached hydrogens (tertiary/aromatic N) is 1. The number of cyclic esters (lactones) is 1. The van der Waals surface area contributed by atoms with Gasteiger partial charge in [-0.15, -0.1) is 0 Å². The van der Waals surface area contributed by atoms with Crippen LogP contribution in [0.15, 0.2) is 0 Å². The summed E-state index contributed by atoms with van der Waals surface area (Å²) < 4.78 is 17.6. The molecule has 7 heteroatoms. The zero-order valence-electron chi connectivity index (χ0n) is 17.7. The van der Waals surface area contributed by atoms with Gasteiger partial charge in [-0.25, -0.2) is 9.69 Å². The second-order valence-corrected chi connectivity index (χ2v) is 9.33. The molecule has 6 nitrogen and oxygen atoms in total. The molecule has 2 amide bonds. The van der Waals surface area contributed by atoms with Gasteiger partial charge in [0.2, 0.25) is 5.91 Å². The summed E-state index contributed by atoms with van der Waals surface area (Å²) in [4.78, 5) is 26.7. The van der Waals surface area contributed by atoms with Crippen molar-refractivity contribution in [1.29, 1.82) is 0 Å². The topological polar surface area (TPSA) is 65.1 Å². The van der Waals surface area contributed by atoms with Crippen molar-refractivity contribution in [1.82, 2.24) is 4.90 Å². The van der Waals surface area contributed by atoms with E-state index >= 15 is 0 Å². The Morgan fingerprint density at radius 3 is 2.00 bits per heavy atom. The lowest BCUT2D eigenvalue weighted by molar-refractivity contribution is -0.134. The zero-order valence-corrected chi connectivity index (χ0v) is 17.7. The fourth-order valence-electron chi connectivity index (χ4n) is 3.74. The Morgan fingerprint density at radius 1 is 1.08 bits per heavy atom. The maximum absolute atomic E-state index is 13.2. The Kier molecular flexibility index (Phi) is 5.84. The van der Waals surface area contributed by atoms with Crippen molar-refractivity contribution in [2.75, 3.05) is 6.61 Å². The van der Waals surface area contributed by atoms with Gasteiger partial charge in [0, 0.05) is 11.7 Å². The van der Waals surface area contributed by atoms with Crippen LogP contribution in [0.4, 0.5) is 4.79 Å². The highest BCUT2D eigenvalue weighted by Gasteiger charge is 2.56. The first-order valence-electron chi connectivity index (χ1n) is 9.65. The summed E-state index contributed by atoms with van der Waals surface area (Å²) in [5.74, 6) is -0.493. The molecule has 0 aliphatic carbocycles. The van der Waals surface area contributed by atoms with Crippen LogP contribution in [0.5, 0.6) is 0 Å². The van der Waals surface area contributed by atoms with Gasteiger partial charge >= 0.3 is 13.2 Å². The molecule has 0 bridgehead atoms. The molecule has 0 N–H and O–H groups in total. The van der Waals surface area contributed by atoms with Crippen LogP contribution in [-0.4, -0.2) is 47.9 Å². The molecule has 0 saturated carbocycles. The molecule has 148 valence electrons. The van der Waals surface area contributed by atoms with E-state index < -0.39 is 30.3 Å². The maximum atomic E-state index is 13.2. The largest absolute Gasteiger partial charge is 0.462 e. The minimum Gasteiger partial charge on any atom is -0.447 e. The third-order valence-corrected chi connectivity index (χ3v) is 6.24. The van der Waals surface area contributed by atoms with E-state index in [4.69, 9.17) is 14.0 Å². The Labute approximate surface area is 158 Å². The average molecular weight is 367 g/mol. The minimum absolute atomic E-state index is 0.145. The van der Waals surface area contributed by atoms with Crippen LogP contribution < -0.4 is 0 Å². The summed E-state index contributed by atoms with van der Waals surface area (Å²) in [6, 6.07) is -0.219. The van der Waals surface area contributed by atoms with Crippen molar-refractivity contribution >= 4 is 19.1 Å². The molecule has 2 fully saturated rings. The van der Waals surface area contributed by atoms with E-state index in [1.54, 1.807) is 0 Å². The molecular formula is C19H34BNO5. The minimum atomic E-state index is -0.544. The van der Waals surface area contributed by atoms with E-state index in [0.717, 1.165) is 0 Å². The average Bonchev–Trinajstić information content (AvgIpc) is 2.95. The first-order valence-corrected chi connectivity index (χ1v) is 9.65. The molecule has 0 aromatic rings. The Balaban J connectivity index is 2.25. The molecular weight excluding hydrogens is 333 g/mol. The van der Waals surface area contributed by atoms with E-state index in [9.17, 15) is 9.59 Å². The second kappa shape index (κ2) is 7.15. The highest BCUT2D eigenvalue weighted by molar-refractivity contribution is 6.48. The maximum Gasteiger partial charge on any atom is 0.462 e. The molecule has 2 rings (SSSR count). The monoisotopic (exact) mass is 367 g/mol. The predicted octanol–water partition coefficient (Wildman–Crippen LogP) is 3.74. The summed E-state index contributed by atoms with van der Waals surface area (Å²) in [5, 5.41) is 0. The molecule has 2 aliphatic heterocycles. The van der Waals surface area contributed by atoms with Gasteiger partial charge in [-0.05, 0) is 39.5 Å². The lowest BCUT2D eigenvalue weighted by Gasteiger charge is -2.32. The van der Waals surface area contributed by atoms with Gasteiger partial charge in [0.1, 0.15) is 6.61 Å². The van der Waals surface area contributed by atoms with Crippen molar-refractivity contribution in [2.24, 2.45) is 17.8 Å². The smallest absolute Gasteiger partial charge is 0.447 e. The zero-order chi connectivity index (χ0) is 20.0. The molecule has 3 atom stereocenters. The lowest BCUT2D eigenvalue weighted by atomic mass is 9.59. The van der Waals surface area contributed by atoms with Crippen LogP contribution in [0.3, 0.4) is 0 Å². The summed E-state index contributed by atoms with van der Waals surface area (Å²) >= 11 is 0. The highest BCUT2D eigenvalue weighted by Crippen LogP contribution is 2.45. The van der Waals surface area contributed by atoms with E-state index in [1.165, 1.54) is 4.90 Å². The van der Waals surface area contributed by atoms with E-state index in [1.807, 2.05) is 48.5 Å². The van der Waals surface area contributed by atoms with Gasteiger partial charge in [0.15, 0.2) is 0 Å². The van der Waals surface area contributed by atoms with E-state index in [2.05, 4.69) is 13.8 Å². The van der Waals surface area contributed by atoms with Crippen LogP contribution in [-0.2, 0) is 18.8 Å². The predicted molar refractivity (Wildman–Crippen MR) is 101 cm³/mol. The van der Waals surface area contributed by atoms with Crippen LogP contribution in [0.1, 0.15) is 62.3 Å². The third kappa shape index (κ3) is 3.65. The number of rotatable bonds is 5. The van der Waals surface area contributed by atoms with E-state index in [-0.39, 0.29) is 36.2 Å². The SMILES string of the molecule is CC(C)[C@H]1COC(=O)N1C(=O)[C@@H](C)[C@@H](B1OC(C)(C)C(C)(C)O1)C(C)C. The highest BCUT2D eigenvalue weighted by atomic mass is 16.7. The van der Waals surface area contributed by atoms with Crippen molar-refractivity contribution < 1.29 is 23.6 Å². The molecule has 26 heavy (non-hydrogen) atoms. The third-order valence-electron chi connectivity index (χ3n) is 6.24. The Morgan fingerprint density at radius 2 is 1.58 bits per heavy atom. The van der Waals surface area contributed by atoms with Crippen LogP contribution in [0.2, 0.25) is 5.82 Å². The number of hydrogen-bond donors (Lipinski definition) is 0. The molecule has 2 aliphatic rings. The molecule has 0 aromatic heterocycles. The lowest BCUT2D eigenvalue weighted by Crippen LogP contribution is -2.47. The van der Waals surface area contributed by atoms with Crippen molar-refractivity contribution in [3.05, 3.63) is 0 Å². The summed E-state index contributed by atoms with van der Waals surface area (Å²) in [6.07, 6.45) is -0.544. The normalized spacial score (nSPS) is 27.2. The number of amides is 2.